The minimum Gasteiger partial charge on any atom is -0.396 e. The van der Waals surface area contributed by atoms with Gasteiger partial charge in [0.1, 0.15) is 5.69 Å². The lowest BCUT2D eigenvalue weighted by Crippen LogP contribution is -2.25. The maximum Gasteiger partial charge on any atom is 0.271 e. The summed E-state index contributed by atoms with van der Waals surface area (Å²) in [5.41, 5.74) is 6.44. The zero-order valence-corrected chi connectivity index (χ0v) is 11.5. The SMILES string of the molecule is Cn1ncc(N)c1C(=O)NCc1sccc1Br. The topological polar surface area (TPSA) is 72.9 Å². The van der Waals surface area contributed by atoms with E-state index in [1.165, 1.54) is 10.9 Å². The van der Waals surface area contributed by atoms with Gasteiger partial charge in [-0.25, -0.2) is 0 Å². The normalized spacial score (nSPS) is 10.5. The molecule has 0 unspecified atom stereocenters. The monoisotopic (exact) mass is 314 g/mol. The van der Waals surface area contributed by atoms with Crippen LogP contribution in [0.1, 0.15) is 15.4 Å². The Bertz CT molecular complexity index is 529. The lowest BCUT2D eigenvalue weighted by molar-refractivity contribution is 0.0943. The fourth-order valence-electron chi connectivity index (χ4n) is 1.43. The summed E-state index contributed by atoms with van der Waals surface area (Å²) in [4.78, 5) is 13.0. The molecule has 0 saturated heterocycles. The van der Waals surface area contributed by atoms with Gasteiger partial charge >= 0.3 is 0 Å². The van der Waals surface area contributed by atoms with Gasteiger partial charge in [-0.3, -0.25) is 9.48 Å². The summed E-state index contributed by atoms with van der Waals surface area (Å²) in [6, 6.07) is 1.95. The van der Waals surface area contributed by atoms with Gasteiger partial charge in [0, 0.05) is 16.4 Å². The predicted molar refractivity (Wildman–Crippen MR) is 70.8 cm³/mol. The summed E-state index contributed by atoms with van der Waals surface area (Å²) in [7, 11) is 1.69. The largest absolute Gasteiger partial charge is 0.396 e. The van der Waals surface area contributed by atoms with Crippen LogP contribution in [0.4, 0.5) is 5.69 Å². The molecule has 1 amide bonds. The summed E-state index contributed by atoms with van der Waals surface area (Å²) in [5.74, 6) is -0.220. The van der Waals surface area contributed by atoms with Gasteiger partial charge in [0.25, 0.3) is 5.91 Å². The first-order valence-corrected chi connectivity index (χ1v) is 6.54. The molecule has 0 aromatic carbocycles. The summed E-state index contributed by atoms with van der Waals surface area (Å²) in [5, 5.41) is 8.70. The number of hydrogen-bond acceptors (Lipinski definition) is 4. The van der Waals surface area contributed by atoms with E-state index in [0.29, 0.717) is 17.9 Å². The fourth-order valence-corrected chi connectivity index (χ4v) is 2.86. The number of anilines is 1. The third-order valence-corrected chi connectivity index (χ3v) is 4.21. The van der Waals surface area contributed by atoms with Crippen LogP contribution in [0.3, 0.4) is 0 Å². The number of carbonyl (C=O) groups excluding carboxylic acids is 1. The van der Waals surface area contributed by atoms with Gasteiger partial charge in [-0.1, -0.05) is 0 Å². The van der Waals surface area contributed by atoms with Crippen molar-refractivity contribution in [3.05, 3.63) is 32.7 Å². The van der Waals surface area contributed by atoms with Crippen LogP contribution < -0.4 is 11.1 Å². The zero-order chi connectivity index (χ0) is 12.4. The first-order chi connectivity index (χ1) is 8.09. The van der Waals surface area contributed by atoms with E-state index in [1.807, 2.05) is 11.4 Å². The molecule has 0 spiro atoms. The van der Waals surface area contributed by atoms with Crippen LogP contribution >= 0.6 is 27.3 Å². The van der Waals surface area contributed by atoms with Crippen LogP contribution in [-0.2, 0) is 13.6 Å². The van der Waals surface area contributed by atoms with E-state index in [1.54, 1.807) is 18.4 Å². The molecule has 2 aromatic rings. The molecular formula is C10H11BrN4OS. The number of halogens is 1. The Morgan fingerprint density at radius 3 is 3.00 bits per heavy atom. The Hall–Kier alpha value is -1.34. The highest BCUT2D eigenvalue weighted by atomic mass is 79.9. The summed E-state index contributed by atoms with van der Waals surface area (Å²) in [6.07, 6.45) is 1.47. The molecule has 0 saturated carbocycles. The van der Waals surface area contributed by atoms with Gasteiger partial charge in [0.15, 0.2) is 0 Å². The van der Waals surface area contributed by atoms with E-state index >= 15 is 0 Å². The van der Waals surface area contributed by atoms with Crippen LogP contribution in [0.25, 0.3) is 0 Å². The van der Waals surface area contributed by atoms with Gasteiger partial charge in [-0.05, 0) is 27.4 Å². The van der Waals surface area contributed by atoms with Gasteiger partial charge in [-0.2, -0.15) is 5.10 Å². The van der Waals surface area contributed by atoms with Crippen LogP contribution in [-0.4, -0.2) is 15.7 Å². The second-order valence-corrected chi connectivity index (χ2v) is 5.30. The van der Waals surface area contributed by atoms with Crippen molar-refractivity contribution in [3.63, 3.8) is 0 Å². The first kappa shape index (κ1) is 12.1. The number of amides is 1. The highest BCUT2D eigenvalue weighted by Gasteiger charge is 2.14. The maximum atomic E-state index is 11.9. The second-order valence-electron chi connectivity index (χ2n) is 3.45. The van der Waals surface area contributed by atoms with Crippen molar-refractivity contribution in [2.45, 2.75) is 6.54 Å². The standard InChI is InChI=1S/C10H11BrN4OS/c1-15-9(7(12)4-14-15)10(16)13-5-8-6(11)2-3-17-8/h2-4H,5,12H2,1H3,(H,13,16). The first-order valence-electron chi connectivity index (χ1n) is 4.87. The van der Waals surface area contributed by atoms with Crippen molar-refractivity contribution in [1.82, 2.24) is 15.1 Å². The number of nitrogens with zero attached hydrogens (tertiary/aromatic N) is 2. The number of carbonyl (C=O) groups is 1. The number of aromatic nitrogens is 2. The van der Waals surface area contributed by atoms with Crippen molar-refractivity contribution in [3.8, 4) is 0 Å². The van der Waals surface area contributed by atoms with Gasteiger partial charge in [0.2, 0.25) is 0 Å². The van der Waals surface area contributed by atoms with E-state index in [-0.39, 0.29) is 5.91 Å². The molecule has 2 aromatic heterocycles. The predicted octanol–water partition coefficient (Wildman–Crippen LogP) is 1.76. The average molecular weight is 315 g/mol. The summed E-state index contributed by atoms with van der Waals surface area (Å²) in [6.45, 7) is 0.474. The van der Waals surface area contributed by atoms with Crippen LogP contribution in [0, 0.1) is 0 Å². The van der Waals surface area contributed by atoms with Crippen molar-refractivity contribution < 1.29 is 4.79 Å². The Morgan fingerprint density at radius 1 is 1.71 bits per heavy atom. The highest BCUT2D eigenvalue weighted by Crippen LogP contribution is 2.22. The molecule has 0 atom stereocenters. The molecule has 5 nitrogen and oxygen atoms in total. The van der Waals surface area contributed by atoms with E-state index in [9.17, 15) is 4.79 Å². The fraction of sp³-hybridized carbons (Fsp3) is 0.200. The molecular weight excluding hydrogens is 304 g/mol. The molecule has 17 heavy (non-hydrogen) atoms. The second kappa shape index (κ2) is 4.89. The van der Waals surface area contributed by atoms with Gasteiger partial charge in [-0.15, -0.1) is 11.3 Å². The lowest BCUT2D eigenvalue weighted by atomic mass is 10.3. The quantitative estimate of drug-likeness (QED) is 0.906. The van der Waals surface area contributed by atoms with Crippen LogP contribution in [0.15, 0.2) is 22.1 Å². The van der Waals surface area contributed by atoms with E-state index in [4.69, 9.17) is 5.73 Å². The zero-order valence-electron chi connectivity index (χ0n) is 9.11. The minimum atomic E-state index is -0.220. The third-order valence-electron chi connectivity index (χ3n) is 2.28. The Kier molecular flexibility index (Phi) is 3.49. The molecule has 90 valence electrons. The summed E-state index contributed by atoms with van der Waals surface area (Å²) >= 11 is 4.99. The molecule has 0 aliphatic heterocycles. The number of nitrogens with one attached hydrogen (secondary N) is 1. The molecule has 2 rings (SSSR count). The molecule has 0 fully saturated rings. The molecule has 7 heteroatoms. The molecule has 0 aliphatic rings. The lowest BCUT2D eigenvalue weighted by Gasteiger charge is -2.05. The number of thiophene rings is 1. The summed E-state index contributed by atoms with van der Waals surface area (Å²) < 4.78 is 2.47. The van der Waals surface area contributed by atoms with Crippen molar-refractivity contribution in [2.24, 2.45) is 7.05 Å². The Balaban J connectivity index is 2.06. The third kappa shape index (κ3) is 2.50. The van der Waals surface area contributed by atoms with E-state index < -0.39 is 0 Å². The smallest absolute Gasteiger partial charge is 0.271 e. The molecule has 0 radical (unpaired) electrons. The van der Waals surface area contributed by atoms with Crippen LogP contribution in [0.5, 0.6) is 0 Å². The Morgan fingerprint density at radius 2 is 2.47 bits per heavy atom. The van der Waals surface area contributed by atoms with Gasteiger partial charge < -0.3 is 11.1 Å². The molecule has 3 N–H and O–H groups in total. The molecule has 0 bridgehead atoms. The number of aryl methyl sites for hydroxylation is 1. The highest BCUT2D eigenvalue weighted by molar-refractivity contribution is 9.10. The molecule has 0 aliphatic carbocycles. The number of rotatable bonds is 3. The van der Waals surface area contributed by atoms with Gasteiger partial charge in [0.05, 0.1) is 18.4 Å². The van der Waals surface area contributed by atoms with Crippen molar-refractivity contribution in [2.75, 3.05) is 5.73 Å². The molecule has 2 heterocycles. The maximum absolute atomic E-state index is 11.9. The average Bonchev–Trinajstić information content (AvgIpc) is 2.83. The van der Waals surface area contributed by atoms with Crippen molar-refractivity contribution in [1.29, 1.82) is 0 Å². The Labute approximate surface area is 111 Å². The van der Waals surface area contributed by atoms with E-state index in [2.05, 4.69) is 26.3 Å². The van der Waals surface area contributed by atoms with Crippen molar-refractivity contribution >= 4 is 38.9 Å². The number of hydrogen-bond donors (Lipinski definition) is 2. The van der Waals surface area contributed by atoms with E-state index in [0.717, 1.165) is 9.35 Å². The minimum absolute atomic E-state index is 0.220. The van der Waals surface area contributed by atoms with Crippen LogP contribution in [0.2, 0.25) is 0 Å². The number of nitrogens with two attached hydrogens (primary N) is 1. The number of nitrogen functional groups attached to an aromatic ring is 1.